The molecule has 0 spiro atoms. The number of pyridine rings is 1. The number of rotatable bonds is 7. The van der Waals surface area contributed by atoms with Crippen LogP contribution < -0.4 is 10.6 Å². The third-order valence-corrected chi connectivity index (χ3v) is 6.37. The Kier molecular flexibility index (Phi) is 6.69. The highest BCUT2D eigenvalue weighted by Gasteiger charge is 2.22. The van der Waals surface area contributed by atoms with Crippen molar-refractivity contribution in [1.82, 2.24) is 30.2 Å². The van der Waals surface area contributed by atoms with Gasteiger partial charge in [0.15, 0.2) is 0 Å². The van der Waals surface area contributed by atoms with Crippen molar-refractivity contribution < 1.29 is 4.79 Å². The molecule has 0 saturated carbocycles. The van der Waals surface area contributed by atoms with Gasteiger partial charge in [-0.25, -0.2) is 9.97 Å². The van der Waals surface area contributed by atoms with Crippen LogP contribution in [0.25, 0.3) is 22.2 Å². The Bertz CT molecular complexity index is 1270. The van der Waals surface area contributed by atoms with Gasteiger partial charge in [-0.15, -0.1) is 0 Å². The average Bonchev–Trinajstić information content (AvgIpc) is 3.30. The topological polar surface area (TPSA) is 98.8 Å². The van der Waals surface area contributed by atoms with Crippen LogP contribution >= 0.6 is 11.6 Å². The van der Waals surface area contributed by atoms with Gasteiger partial charge in [-0.3, -0.25) is 14.7 Å². The molecule has 0 aliphatic carbocycles. The minimum atomic E-state index is 0.0275. The Morgan fingerprint density at radius 1 is 1.15 bits per heavy atom. The molecule has 1 fully saturated rings. The van der Waals surface area contributed by atoms with Gasteiger partial charge in [-0.05, 0) is 30.5 Å². The van der Waals surface area contributed by atoms with Gasteiger partial charge in [0, 0.05) is 60.7 Å². The van der Waals surface area contributed by atoms with Gasteiger partial charge in [0.05, 0.1) is 23.5 Å². The van der Waals surface area contributed by atoms with Gasteiger partial charge in [0.25, 0.3) is 0 Å². The number of halogens is 1. The van der Waals surface area contributed by atoms with E-state index in [9.17, 15) is 4.79 Å². The van der Waals surface area contributed by atoms with E-state index < -0.39 is 0 Å². The lowest BCUT2D eigenvalue weighted by atomic mass is 10.1. The number of anilines is 1. The second-order valence-electron chi connectivity index (χ2n) is 8.47. The standard InChI is InChI=1S/C25H26ClN7O/c26-21-15-30-25(32-24(21)20-14-28-22-6-2-1-5-19(20)22)31-18-7-10-33(11-8-18)16-23(34)29-13-17-4-3-9-27-12-17/h1-6,9,12,14-15,18,28H,7-8,10-11,13,16H2,(H,29,34)(H,30,31,32). The molecular weight excluding hydrogens is 450 g/mol. The summed E-state index contributed by atoms with van der Waals surface area (Å²) < 4.78 is 0. The molecule has 0 unspecified atom stereocenters. The fourth-order valence-electron chi connectivity index (χ4n) is 4.27. The average molecular weight is 476 g/mol. The molecule has 5 rings (SSSR count). The largest absolute Gasteiger partial charge is 0.360 e. The van der Waals surface area contributed by atoms with Gasteiger partial charge in [0.1, 0.15) is 0 Å². The van der Waals surface area contributed by atoms with Crippen LogP contribution in [0.15, 0.2) is 61.2 Å². The maximum atomic E-state index is 12.3. The van der Waals surface area contributed by atoms with Gasteiger partial charge < -0.3 is 15.6 Å². The zero-order chi connectivity index (χ0) is 23.3. The maximum absolute atomic E-state index is 12.3. The number of aromatic nitrogens is 4. The van der Waals surface area contributed by atoms with Crippen molar-refractivity contribution in [2.75, 3.05) is 25.0 Å². The minimum Gasteiger partial charge on any atom is -0.360 e. The second-order valence-corrected chi connectivity index (χ2v) is 8.88. The number of benzene rings is 1. The number of amides is 1. The van der Waals surface area contributed by atoms with E-state index in [2.05, 4.69) is 36.6 Å². The van der Waals surface area contributed by atoms with Gasteiger partial charge >= 0.3 is 0 Å². The zero-order valence-corrected chi connectivity index (χ0v) is 19.4. The van der Waals surface area contributed by atoms with Crippen LogP contribution in [0.4, 0.5) is 5.95 Å². The molecule has 0 atom stereocenters. The Morgan fingerprint density at radius 2 is 2.00 bits per heavy atom. The molecule has 8 nitrogen and oxygen atoms in total. The molecule has 1 aromatic carbocycles. The van der Waals surface area contributed by atoms with Crippen LogP contribution in [0.2, 0.25) is 5.02 Å². The molecule has 1 amide bonds. The van der Waals surface area contributed by atoms with E-state index in [0.29, 0.717) is 29.8 Å². The first-order valence-electron chi connectivity index (χ1n) is 11.4. The lowest BCUT2D eigenvalue weighted by Crippen LogP contribution is -2.44. The Balaban J connectivity index is 1.15. The summed E-state index contributed by atoms with van der Waals surface area (Å²) in [6, 6.07) is 12.1. The maximum Gasteiger partial charge on any atom is 0.234 e. The zero-order valence-electron chi connectivity index (χ0n) is 18.7. The van der Waals surface area contributed by atoms with Gasteiger partial charge in [-0.1, -0.05) is 35.9 Å². The third-order valence-electron chi connectivity index (χ3n) is 6.09. The monoisotopic (exact) mass is 475 g/mol. The highest BCUT2D eigenvalue weighted by Crippen LogP contribution is 2.32. The van der Waals surface area contributed by atoms with E-state index in [1.807, 2.05) is 36.5 Å². The van der Waals surface area contributed by atoms with Crippen molar-refractivity contribution in [2.45, 2.75) is 25.4 Å². The summed E-state index contributed by atoms with van der Waals surface area (Å²) >= 11 is 6.45. The predicted octanol–water partition coefficient (Wildman–Crippen LogP) is 3.87. The Hall–Kier alpha value is -3.49. The molecule has 4 heterocycles. The molecule has 1 aliphatic heterocycles. The van der Waals surface area contributed by atoms with E-state index >= 15 is 0 Å². The van der Waals surface area contributed by atoms with Crippen molar-refractivity contribution in [1.29, 1.82) is 0 Å². The lowest BCUT2D eigenvalue weighted by Gasteiger charge is -2.31. The second kappa shape index (κ2) is 10.2. The first-order valence-corrected chi connectivity index (χ1v) is 11.8. The quantitative estimate of drug-likeness (QED) is 0.375. The lowest BCUT2D eigenvalue weighted by molar-refractivity contribution is -0.122. The van der Waals surface area contributed by atoms with E-state index in [1.54, 1.807) is 18.6 Å². The first-order chi connectivity index (χ1) is 16.7. The molecule has 34 heavy (non-hydrogen) atoms. The molecule has 0 radical (unpaired) electrons. The first kappa shape index (κ1) is 22.3. The molecule has 3 N–H and O–H groups in total. The fourth-order valence-corrected chi connectivity index (χ4v) is 4.47. The number of hydrogen-bond acceptors (Lipinski definition) is 6. The molecule has 3 aromatic heterocycles. The summed E-state index contributed by atoms with van der Waals surface area (Å²) in [5.41, 5.74) is 3.70. The normalized spacial score (nSPS) is 14.9. The SMILES string of the molecule is O=C(CN1CCC(Nc2ncc(Cl)c(-c3c[nH]c4ccccc34)n2)CC1)NCc1cccnc1. The van der Waals surface area contributed by atoms with E-state index in [1.165, 1.54) is 0 Å². The number of para-hydroxylation sites is 1. The van der Waals surface area contributed by atoms with Crippen LogP contribution in [0.1, 0.15) is 18.4 Å². The van der Waals surface area contributed by atoms with Crippen molar-refractivity contribution >= 4 is 34.4 Å². The van der Waals surface area contributed by atoms with E-state index in [4.69, 9.17) is 16.6 Å². The number of nitrogens with zero attached hydrogens (tertiary/aromatic N) is 4. The number of carbonyl (C=O) groups excluding carboxylic acids is 1. The van der Waals surface area contributed by atoms with E-state index in [0.717, 1.165) is 48.0 Å². The summed E-state index contributed by atoms with van der Waals surface area (Å²) in [5.74, 6) is 0.594. The Labute approximate surface area is 202 Å². The molecule has 1 aliphatic rings. The van der Waals surface area contributed by atoms with Crippen LogP contribution in [0.5, 0.6) is 0 Å². The van der Waals surface area contributed by atoms with Crippen molar-refractivity contribution in [3.63, 3.8) is 0 Å². The van der Waals surface area contributed by atoms with Crippen LogP contribution in [-0.2, 0) is 11.3 Å². The number of fused-ring (bicyclic) bond motifs is 1. The minimum absolute atomic E-state index is 0.0275. The van der Waals surface area contributed by atoms with E-state index in [-0.39, 0.29) is 11.9 Å². The number of nitrogens with one attached hydrogen (secondary N) is 3. The van der Waals surface area contributed by atoms with Gasteiger partial charge in [-0.2, -0.15) is 0 Å². The van der Waals surface area contributed by atoms with Crippen molar-refractivity contribution in [3.05, 3.63) is 71.8 Å². The highest BCUT2D eigenvalue weighted by molar-refractivity contribution is 6.33. The van der Waals surface area contributed by atoms with Crippen molar-refractivity contribution in [3.8, 4) is 11.3 Å². The van der Waals surface area contributed by atoms with Gasteiger partial charge in [0.2, 0.25) is 11.9 Å². The third kappa shape index (κ3) is 5.18. The molecule has 0 bridgehead atoms. The number of likely N-dealkylation sites (tertiary alicyclic amines) is 1. The number of H-pyrrole nitrogens is 1. The molecular formula is C25H26ClN7O. The van der Waals surface area contributed by atoms with Crippen LogP contribution in [0, 0.1) is 0 Å². The molecule has 174 valence electrons. The molecule has 4 aromatic rings. The number of hydrogen-bond donors (Lipinski definition) is 3. The number of piperidine rings is 1. The molecule has 1 saturated heterocycles. The number of carbonyl (C=O) groups is 1. The highest BCUT2D eigenvalue weighted by atomic mass is 35.5. The predicted molar refractivity (Wildman–Crippen MR) is 134 cm³/mol. The van der Waals surface area contributed by atoms with Crippen molar-refractivity contribution in [2.24, 2.45) is 0 Å². The summed E-state index contributed by atoms with van der Waals surface area (Å²) in [5, 5.41) is 8.01. The summed E-state index contributed by atoms with van der Waals surface area (Å²) in [4.78, 5) is 30.9. The summed E-state index contributed by atoms with van der Waals surface area (Å²) in [7, 11) is 0. The fraction of sp³-hybridized carbons (Fsp3) is 0.280. The molecule has 9 heteroatoms. The van der Waals surface area contributed by atoms with Crippen LogP contribution in [0.3, 0.4) is 0 Å². The number of aromatic amines is 1. The summed E-state index contributed by atoms with van der Waals surface area (Å²) in [6.07, 6.45) is 8.88. The van der Waals surface area contributed by atoms with Crippen LogP contribution in [-0.4, -0.2) is 56.4 Å². The smallest absolute Gasteiger partial charge is 0.234 e. The summed E-state index contributed by atoms with van der Waals surface area (Å²) in [6.45, 7) is 2.56. The Morgan fingerprint density at radius 3 is 2.82 bits per heavy atom.